The highest BCUT2D eigenvalue weighted by molar-refractivity contribution is 5.86. The zero-order chi connectivity index (χ0) is 9.90. The number of unbranched alkanes of at least 4 members (excludes halogenated alkanes) is 1. The van der Waals surface area contributed by atoms with E-state index in [1.54, 1.807) is 0 Å². The molecule has 1 rings (SSSR count). The molecule has 0 atom stereocenters. The van der Waals surface area contributed by atoms with Crippen LogP contribution in [0, 0.1) is 5.41 Å². The molecule has 0 aromatic heterocycles. The highest BCUT2D eigenvalue weighted by Crippen LogP contribution is 2.21. The van der Waals surface area contributed by atoms with Crippen LogP contribution in [0.3, 0.4) is 0 Å². The van der Waals surface area contributed by atoms with Crippen LogP contribution < -0.4 is 0 Å². The minimum absolute atomic E-state index is 0.212. The molecule has 72 valence electrons. The molecule has 0 aromatic carbocycles. The molecule has 0 saturated heterocycles. The molecule has 0 N–H and O–H groups in total. The number of amides is 1. The number of hydrogen-bond donors (Lipinski definition) is 0. The molecule has 2 nitrogen and oxygen atoms in total. The summed E-state index contributed by atoms with van der Waals surface area (Å²) in [4.78, 5) is 11.8. The van der Waals surface area contributed by atoms with Crippen molar-refractivity contribution in [1.82, 2.24) is 0 Å². The van der Waals surface area contributed by atoms with Crippen LogP contribution in [-0.2, 0) is 4.79 Å². The van der Waals surface area contributed by atoms with Gasteiger partial charge in [0.1, 0.15) is 5.41 Å². The van der Waals surface area contributed by atoms with E-state index in [2.05, 4.69) is 6.92 Å². The summed E-state index contributed by atoms with van der Waals surface area (Å²) < 4.78 is 1.82. The van der Waals surface area contributed by atoms with Gasteiger partial charge in [-0.15, -0.1) is 0 Å². The summed E-state index contributed by atoms with van der Waals surface area (Å²) in [5, 5.41) is 0. The molecule has 13 heavy (non-hydrogen) atoms. The van der Waals surface area contributed by atoms with E-state index >= 15 is 0 Å². The second-order valence-corrected chi connectivity index (χ2v) is 4.08. The summed E-state index contributed by atoms with van der Waals surface area (Å²) in [5.41, 5.74) is -0.317. The van der Waals surface area contributed by atoms with Crippen molar-refractivity contribution in [3.63, 3.8) is 0 Å². The molecule has 1 aliphatic heterocycles. The summed E-state index contributed by atoms with van der Waals surface area (Å²) >= 11 is 0. The zero-order valence-corrected chi connectivity index (χ0v) is 8.71. The second-order valence-electron chi connectivity index (χ2n) is 4.08. The Balaban J connectivity index is 2.70. The molecule has 0 aromatic rings. The van der Waals surface area contributed by atoms with Gasteiger partial charge in [0.15, 0.2) is 12.8 Å². The predicted octanol–water partition coefficient (Wildman–Crippen LogP) is 1.99. The number of hydrogen-bond acceptors (Lipinski definition) is 1. The maximum atomic E-state index is 11.8. The summed E-state index contributed by atoms with van der Waals surface area (Å²) in [7, 11) is 0. The molecule has 0 aliphatic carbocycles. The van der Waals surface area contributed by atoms with Gasteiger partial charge < -0.3 is 0 Å². The molecule has 0 spiro atoms. The van der Waals surface area contributed by atoms with Gasteiger partial charge in [0.25, 0.3) is 0 Å². The normalized spacial score (nSPS) is 20.2. The van der Waals surface area contributed by atoms with Crippen molar-refractivity contribution in [2.75, 3.05) is 6.54 Å². The van der Waals surface area contributed by atoms with Gasteiger partial charge in [0.2, 0.25) is 0 Å². The Morgan fingerprint density at radius 3 is 2.77 bits per heavy atom. The van der Waals surface area contributed by atoms with Crippen molar-refractivity contribution in [2.24, 2.45) is 5.41 Å². The lowest BCUT2D eigenvalue weighted by Crippen LogP contribution is -2.36. The van der Waals surface area contributed by atoms with Gasteiger partial charge in [-0.1, -0.05) is 19.4 Å². The minimum atomic E-state index is -0.317. The Bertz CT molecular complexity index is 261. The Hall–Kier alpha value is -0.920. The van der Waals surface area contributed by atoms with E-state index in [-0.39, 0.29) is 11.3 Å². The topological polar surface area (TPSA) is 20.1 Å². The average Bonchev–Trinajstić information content (AvgIpc) is 2.08. The second kappa shape index (κ2) is 3.86. The fourth-order valence-electron chi connectivity index (χ4n) is 1.40. The monoisotopic (exact) mass is 180 g/mol. The highest BCUT2D eigenvalue weighted by atomic mass is 16.2. The van der Waals surface area contributed by atoms with E-state index in [1.165, 1.54) is 0 Å². The lowest BCUT2D eigenvalue weighted by molar-refractivity contribution is -0.452. The van der Waals surface area contributed by atoms with E-state index < -0.39 is 0 Å². The molecular formula is C11H18NO+. The van der Waals surface area contributed by atoms with Crippen LogP contribution in [0.1, 0.15) is 33.6 Å². The molecule has 2 heteroatoms. The number of rotatable bonds is 3. The molecule has 0 fully saturated rings. The van der Waals surface area contributed by atoms with Gasteiger partial charge in [-0.3, -0.25) is 0 Å². The van der Waals surface area contributed by atoms with Crippen molar-refractivity contribution < 1.29 is 9.37 Å². The van der Waals surface area contributed by atoms with E-state index in [9.17, 15) is 4.79 Å². The summed E-state index contributed by atoms with van der Waals surface area (Å²) in [6.07, 6.45) is 8.01. The van der Waals surface area contributed by atoms with Gasteiger partial charge in [-0.2, -0.15) is 4.58 Å². The zero-order valence-electron chi connectivity index (χ0n) is 8.71. The van der Waals surface area contributed by atoms with Crippen LogP contribution in [0.2, 0.25) is 0 Å². The van der Waals surface area contributed by atoms with E-state index in [0.29, 0.717) is 0 Å². The quantitative estimate of drug-likeness (QED) is 0.608. The van der Waals surface area contributed by atoms with Crippen LogP contribution >= 0.6 is 0 Å². The summed E-state index contributed by atoms with van der Waals surface area (Å²) in [6.45, 7) is 6.90. The maximum Gasteiger partial charge on any atom is 0.396 e. The first kappa shape index (κ1) is 10.2. The minimum Gasteiger partial charge on any atom is -0.219 e. The van der Waals surface area contributed by atoms with Gasteiger partial charge in [0, 0.05) is 6.42 Å². The SMILES string of the molecule is CCCC[N+]1=CC=CC(C)(C)C1=O. The molecule has 0 saturated carbocycles. The first-order valence-electron chi connectivity index (χ1n) is 4.91. The third kappa shape index (κ3) is 2.27. The van der Waals surface area contributed by atoms with E-state index in [0.717, 1.165) is 19.4 Å². The lowest BCUT2D eigenvalue weighted by atomic mass is 9.90. The van der Waals surface area contributed by atoms with Crippen LogP contribution in [0.4, 0.5) is 0 Å². The fraction of sp³-hybridized carbons (Fsp3) is 0.636. The fourth-order valence-corrected chi connectivity index (χ4v) is 1.40. The van der Waals surface area contributed by atoms with E-state index in [4.69, 9.17) is 0 Å². The first-order valence-corrected chi connectivity index (χ1v) is 4.91. The molecule has 0 unspecified atom stereocenters. The summed E-state index contributed by atoms with van der Waals surface area (Å²) in [5.74, 6) is 0.212. The van der Waals surface area contributed by atoms with Crippen LogP contribution in [0.25, 0.3) is 0 Å². The van der Waals surface area contributed by atoms with Crippen molar-refractivity contribution in [1.29, 1.82) is 0 Å². The highest BCUT2D eigenvalue weighted by Gasteiger charge is 2.36. The number of carbonyl (C=O) groups is 1. The Morgan fingerprint density at radius 2 is 2.15 bits per heavy atom. The Morgan fingerprint density at radius 1 is 1.46 bits per heavy atom. The first-order chi connectivity index (χ1) is 6.08. The van der Waals surface area contributed by atoms with Crippen molar-refractivity contribution in [2.45, 2.75) is 33.6 Å². The van der Waals surface area contributed by atoms with Crippen molar-refractivity contribution in [3.8, 4) is 0 Å². The summed E-state index contributed by atoms with van der Waals surface area (Å²) in [6, 6.07) is 0. The third-order valence-corrected chi connectivity index (χ3v) is 2.34. The van der Waals surface area contributed by atoms with Gasteiger partial charge in [0.05, 0.1) is 0 Å². The largest absolute Gasteiger partial charge is 0.396 e. The molecular weight excluding hydrogens is 162 g/mol. The molecule has 1 heterocycles. The third-order valence-electron chi connectivity index (χ3n) is 2.34. The van der Waals surface area contributed by atoms with E-state index in [1.807, 2.05) is 36.8 Å². The van der Waals surface area contributed by atoms with Crippen LogP contribution in [-0.4, -0.2) is 23.2 Å². The lowest BCUT2D eigenvalue weighted by Gasteiger charge is -2.17. The Labute approximate surface area is 80.0 Å². The molecule has 1 amide bonds. The van der Waals surface area contributed by atoms with Gasteiger partial charge in [-0.25, -0.2) is 4.79 Å². The number of nitrogens with zero attached hydrogens (tertiary/aromatic N) is 1. The van der Waals surface area contributed by atoms with Crippen molar-refractivity contribution in [3.05, 3.63) is 12.2 Å². The average molecular weight is 180 g/mol. The van der Waals surface area contributed by atoms with Gasteiger partial charge >= 0.3 is 5.91 Å². The molecule has 0 bridgehead atoms. The van der Waals surface area contributed by atoms with Gasteiger partial charge in [-0.05, 0) is 19.9 Å². The maximum absolute atomic E-state index is 11.8. The van der Waals surface area contributed by atoms with Crippen molar-refractivity contribution >= 4 is 12.1 Å². The number of allylic oxidation sites excluding steroid dienone is 1. The molecule has 1 aliphatic rings. The Kier molecular flexibility index (Phi) is 3.02. The standard InChI is InChI=1S/C11H18NO/c1-4-5-8-12-9-6-7-11(2,3)10(12)13/h6-7,9H,4-5,8H2,1-3H3/q+1. The van der Waals surface area contributed by atoms with Crippen LogP contribution in [0.5, 0.6) is 0 Å². The predicted molar refractivity (Wildman–Crippen MR) is 54.0 cm³/mol. The number of carbonyl (C=O) groups excluding carboxylic acids is 1. The smallest absolute Gasteiger partial charge is 0.219 e. The van der Waals surface area contributed by atoms with Crippen LogP contribution in [0.15, 0.2) is 12.2 Å². The molecule has 0 radical (unpaired) electrons.